The topological polar surface area (TPSA) is 44.5 Å². The zero-order valence-corrected chi connectivity index (χ0v) is 10.4. The monoisotopic (exact) mass is 243 g/mol. The molecular formula is C15H17NO2. The number of ether oxygens (including phenoxy) is 2. The zero-order chi connectivity index (χ0) is 12.8. The summed E-state index contributed by atoms with van der Waals surface area (Å²) in [7, 11) is 0. The van der Waals surface area contributed by atoms with Gasteiger partial charge in [-0.15, -0.1) is 0 Å². The molecule has 2 rings (SSSR count). The summed E-state index contributed by atoms with van der Waals surface area (Å²) in [5.41, 5.74) is 6.64. The standard InChI is InChI=1S/C15H17NO2/c1-2-17-14-4-3-5-15(10-14)18-13-8-6-12(11-16)7-9-13/h3-10H,2,11,16H2,1H3. The van der Waals surface area contributed by atoms with Gasteiger partial charge in [-0.25, -0.2) is 0 Å². The minimum atomic E-state index is 0.542. The van der Waals surface area contributed by atoms with Crippen LogP contribution < -0.4 is 15.2 Å². The third kappa shape index (κ3) is 3.25. The third-order valence-electron chi connectivity index (χ3n) is 2.51. The highest BCUT2D eigenvalue weighted by molar-refractivity contribution is 5.37. The summed E-state index contributed by atoms with van der Waals surface area (Å²) in [6.45, 7) is 3.15. The molecule has 0 atom stereocenters. The Labute approximate surface area is 107 Å². The molecule has 3 heteroatoms. The molecule has 0 aliphatic heterocycles. The summed E-state index contributed by atoms with van der Waals surface area (Å²) in [5, 5.41) is 0. The van der Waals surface area contributed by atoms with Crippen LogP contribution in [-0.2, 0) is 6.54 Å². The van der Waals surface area contributed by atoms with E-state index in [1.807, 2.05) is 55.5 Å². The van der Waals surface area contributed by atoms with E-state index in [-0.39, 0.29) is 0 Å². The SMILES string of the molecule is CCOc1cccc(Oc2ccc(CN)cc2)c1. The van der Waals surface area contributed by atoms with Gasteiger partial charge in [-0.05, 0) is 36.8 Å². The quantitative estimate of drug-likeness (QED) is 0.876. The molecule has 0 saturated heterocycles. The number of hydrogen-bond donors (Lipinski definition) is 1. The maximum Gasteiger partial charge on any atom is 0.131 e. The molecule has 0 aliphatic carbocycles. The molecule has 0 bridgehead atoms. The van der Waals surface area contributed by atoms with Crippen molar-refractivity contribution in [3.05, 3.63) is 54.1 Å². The van der Waals surface area contributed by atoms with Gasteiger partial charge in [-0.3, -0.25) is 0 Å². The van der Waals surface area contributed by atoms with Crippen molar-refractivity contribution in [1.82, 2.24) is 0 Å². The Morgan fingerprint density at radius 2 is 1.67 bits per heavy atom. The Kier molecular flexibility index (Phi) is 4.20. The van der Waals surface area contributed by atoms with E-state index in [2.05, 4.69) is 0 Å². The zero-order valence-electron chi connectivity index (χ0n) is 10.4. The first kappa shape index (κ1) is 12.5. The van der Waals surface area contributed by atoms with Crippen LogP contribution in [0.25, 0.3) is 0 Å². The van der Waals surface area contributed by atoms with Gasteiger partial charge >= 0.3 is 0 Å². The summed E-state index contributed by atoms with van der Waals surface area (Å²) in [6.07, 6.45) is 0. The summed E-state index contributed by atoms with van der Waals surface area (Å²) in [4.78, 5) is 0. The van der Waals surface area contributed by atoms with E-state index in [0.717, 1.165) is 22.8 Å². The van der Waals surface area contributed by atoms with Crippen molar-refractivity contribution < 1.29 is 9.47 Å². The van der Waals surface area contributed by atoms with E-state index in [4.69, 9.17) is 15.2 Å². The highest BCUT2D eigenvalue weighted by Gasteiger charge is 1.99. The molecule has 3 nitrogen and oxygen atoms in total. The van der Waals surface area contributed by atoms with Gasteiger partial charge in [0.25, 0.3) is 0 Å². The molecule has 0 radical (unpaired) electrons. The molecule has 0 spiro atoms. The van der Waals surface area contributed by atoms with Crippen LogP contribution in [0.3, 0.4) is 0 Å². The van der Waals surface area contributed by atoms with E-state index in [0.29, 0.717) is 13.2 Å². The second-order valence-corrected chi connectivity index (χ2v) is 3.86. The molecule has 0 saturated carbocycles. The van der Waals surface area contributed by atoms with Gasteiger partial charge in [-0.2, -0.15) is 0 Å². The molecule has 2 N–H and O–H groups in total. The van der Waals surface area contributed by atoms with Gasteiger partial charge in [0.2, 0.25) is 0 Å². The highest BCUT2D eigenvalue weighted by atomic mass is 16.5. The fourth-order valence-corrected chi connectivity index (χ4v) is 1.62. The largest absolute Gasteiger partial charge is 0.494 e. The van der Waals surface area contributed by atoms with Crippen LogP contribution >= 0.6 is 0 Å². The van der Waals surface area contributed by atoms with Crippen LogP contribution in [0.4, 0.5) is 0 Å². The lowest BCUT2D eigenvalue weighted by Gasteiger charge is -2.08. The van der Waals surface area contributed by atoms with Crippen molar-refractivity contribution in [2.45, 2.75) is 13.5 Å². The fourth-order valence-electron chi connectivity index (χ4n) is 1.62. The Morgan fingerprint density at radius 3 is 2.33 bits per heavy atom. The first-order valence-corrected chi connectivity index (χ1v) is 6.01. The molecular weight excluding hydrogens is 226 g/mol. The lowest BCUT2D eigenvalue weighted by Crippen LogP contribution is -1.95. The van der Waals surface area contributed by atoms with Gasteiger partial charge in [0.05, 0.1) is 6.61 Å². The van der Waals surface area contributed by atoms with Gasteiger partial charge in [0, 0.05) is 12.6 Å². The molecule has 0 amide bonds. The second kappa shape index (κ2) is 6.07. The minimum absolute atomic E-state index is 0.542. The first-order valence-electron chi connectivity index (χ1n) is 6.01. The summed E-state index contributed by atoms with van der Waals surface area (Å²) < 4.78 is 11.2. The maximum atomic E-state index is 5.74. The molecule has 18 heavy (non-hydrogen) atoms. The smallest absolute Gasteiger partial charge is 0.131 e. The van der Waals surface area contributed by atoms with Crippen molar-refractivity contribution in [2.75, 3.05) is 6.61 Å². The Hall–Kier alpha value is -2.00. The molecule has 0 aromatic heterocycles. The van der Waals surface area contributed by atoms with Crippen molar-refractivity contribution in [2.24, 2.45) is 5.73 Å². The molecule has 2 aromatic rings. The average molecular weight is 243 g/mol. The molecule has 2 aromatic carbocycles. The van der Waals surface area contributed by atoms with Crippen molar-refractivity contribution >= 4 is 0 Å². The van der Waals surface area contributed by atoms with Gasteiger partial charge in [0.1, 0.15) is 17.2 Å². The molecule has 0 aliphatic rings. The molecule has 0 unspecified atom stereocenters. The number of benzene rings is 2. The van der Waals surface area contributed by atoms with Crippen LogP contribution in [0, 0.1) is 0 Å². The predicted octanol–water partition coefficient (Wildman–Crippen LogP) is 3.34. The lowest BCUT2D eigenvalue weighted by molar-refractivity contribution is 0.338. The highest BCUT2D eigenvalue weighted by Crippen LogP contribution is 2.25. The number of nitrogens with two attached hydrogens (primary N) is 1. The maximum absolute atomic E-state index is 5.74. The van der Waals surface area contributed by atoms with Crippen molar-refractivity contribution in [3.63, 3.8) is 0 Å². The van der Waals surface area contributed by atoms with Crippen molar-refractivity contribution in [1.29, 1.82) is 0 Å². The van der Waals surface area contributed by atoms with Crippen LogP contribution in [-0.4, -0.2) is 6.61 Å². The predicted molar refractivity (Wildman–Crippen MR) is 72.0 cm³/mol. The van der Waals surface area contributed by atoms with E-state index >= 15 is 0 Å². The normalized spacial score (nSPS) is 10.1. The van der Waals surface area contributed by atoms with E-state index in [1.54, 1.807) is 0 Å². The molecule has 94 valence electrons. The van der Waals surface area contributed by atoms with Gasteiger partial charge < -0.3 is 15.2 Å². The Morgan fingerprint density at radius 1 is 0.944 bits per heavy atom. The summed E-state index contributed by atoms with van der Waals surface area (Å²) in [6, 6.07) is 15.3. The minimum Gasteiger partial charge on any atom is -0.494 e. The summed E-state index contributed by atoms with van der Waals surface area (Å²) in [5.74, 6) is 2.37. The Bertz CT molecular complexity index is 494. The third-order valence-corrected chi connectivity index (χ3v) is 2.51. The van der Waals surface area contributed by atoms with Crippen LogP contribution in [0.1, 0.15) is 12.5 Å². The van der Waals surface area contributed by atoms with Crippen LogP contribution in [0.2, 0.25) is 0 Å². The summed E-state index contributed by atoms with van der Waals surface area (Å²) >= 11 is 0. The molecule has 0 heterocycles. The fraction of sp³-hybridized carbons (Fsp3) is 0.200. The molecule has 0 fully saturated rings. The average Bonchev–Trinajstić information content (AvgIpc) is 2.40. The lowest BCUT2D eigenvalue weighted by atomic mass is 10.2. The van der Waals surface area contributed by atoms with Gasteiger partial charge in [0.15, 0.2) is 0 Å². The number of rotatable bonds is 5. The van der Waals surface area contributed by atoms with E-state index in [9.17, 15) is 0 Å². The van der Waals surface area contributed by atoms with E-state index in [1.165, 1.54) is 0 Å². The van der Waals surface area contributed by atoms with Crippen molar-refractivity contribution in [3.8, 4) is 17.2 Å². The van der Waals surface area contributed by atoms with E-state index < -0.39 is 0 Å². The van der Waals surface area contributed by atoms with Crippen LogP contribution in [0.5, 0.6) is 17.2 Å². The number of hydrogen-bond acceptors (Lipinski definition) is 3. The van der Waals surface area contributed by atoms with Crippen LogP contribution in [0.15, 0.2) is 48.5 Å². The Balaban J connectivity index is 2.09. The van der Waals surface area contributed by atoms with Gasteiger partial charge in [-0.1, -0.05) is 18.2 Å². The first-order chi connectivity index (χ1) is 8.81. The second-order valence-electron chi connectivity index (χ2n) is 3.86.